The van der Waals surface area contributed by atoms with E-state index in [0.29, 0.717) is 24.6 Å². The lowest BCUT2D eigenvalue weighted by Crippen LogP contribution is -2.44. The number of carbonyl (C=O) groups is 2. The van der Waals surface area contributed by atoms with Crippen LogP contribution in [0.25, 0.3) is 0 Å². The summed E-state index contributed by atoms with van der Waals surface area (Å²) in [5.74, 6) is -0.592. The molecular weight excluding hydrogens is 401 g/mol. The summed E-state index contributed by atoms with van der Waals surface area (Å²) in [5.41, 5.74) is 0.357. The van der Waals surface area contributed by atoms with Crippen LogP contribution in [-0.2, 0) is 9.59 Å². The molecule has 0 bridgehead atoms. The zero-order valence-corrected chi connectivity index (χ0v) is 16.0. The molecule has 2 heterocycles. The topological polar surface area (TPSA) is 83.6 Å². The number of nitrogens with zero attached hydrogens (tertiary/aromatic N) is 2. The van der Waals surface area contributed by atoms with E-state index in [-0.39, 0.29) is 30.0 Å². The lowest BCUT2D eigenvalue weighted by molar-refractivity contribution is -0.274. The molecule has 0 aliphatic carbocycles. The van der Waals surface area contributed by atoms with Gasteiger partial charge in [-0.05, 0) is 55.8 Å². The first-order chi connectivity index (χ1) is 14.3. The maximum absolute atomic E-state index is 12.5. The molecule has 3 rings (SSSR count). The molecule has 1 unspecified atom stereocenters. The minimum absolute atomic E-state index is 0.0775. The van der Waals surface area contributed by atoms with Gasteiger partial charge in [-0.1, -0.05) is 6.07 Å². The zero-order valence-electron chi connectivity index (χ0n) is 16.0. The molecule has 0 spiro atoms. The van der Waals surface area contributed by atoms with E-state index < -0.39 is 6.36 Å². The highest BCUT2D eigenvalue weighted by molar-refractivity contribution is 5.93. The third kappa shape index (κ3) is 6.73. The average molecular weight is 422 g/mol. The number of hydrogen-bond acceptors (Lipinski definition) is 5. The van der Waals surface area contributed by atoms with Crippen LogP contribution in [0, 0.1) is 5.92 Å². The Bertz CT molecular complexity index is 860. The molecule has 7 nitrogen and oxygen atoms in total. The highest BCUT2D eigenvalue weighted by Crippen LogP contribution is 2.24. The molecule has 1 aliphatic heterocycles. The standard InChI is InChI=1S/C20H21F3N4O3/c21-20(22,23)30-16-8-6-15(7-9-16)25-18(28)13-27-11-3-4-14(12-27)19(29)26-17-5-1-2-10-24-17/h1-2,5-10,14H,3-4,11-13H2,(H,25,28)(H,24,26,29). The summed E-state index contributed by atoms with van der Waals surface area (Å²) >= 11 is 0. The van der Waals surface area contributed by atoms with E-state index >= 15 is 0 Å². The number of halogens is 3. The smallest absolute Gasteiger partial charge is 0.406 e. The first kappa shape index (κ1) is 21.6. The summed E-state index contributed by atoms with van der Waals surface area (Å²) < 4.78 is 40.4. The van der Waals surface area contributed by atoms with Crippen molar-refractivity contribution in [3.05, 3.63) is 48.7 Å². The minimum atomic E-state index is -4.77. The van der Waals surface area contributed by atoms with Gasteiger partial charge in [-0.2, -0.15) is 0 Å². The van der Waals surface area contributed by atoms with Crippen molar-refractivity contribution in [2.45, 2.75) is 19.2 Å². The molecule has 2 amide bonds. The maximum Gasteiger partial charge on any atom is 0.573 e. The summed E-state index contributed by atoms with van der Waals surface area (Å²) in [4.78, 5) is 30.7. The van der Waals surface area contributed by atoms with Crippen LogP contribution in [0.2, 0.25) is 0 Å². The second-order valence-electron chi connectivity index (χ2n) is 6.90. The van der Waals surface area contributed by atoms with Gasteiger partial charge in [0.15, 0.2) is 0 Å². The van der Waals surface area contributed by atoms with Gasteiger partial charge in [-0.15, -0.1) is 13.2 Å². The molecule has 1 atom stereocenters. The van der Waals surface area contributed by atoms with Crippen LogP contribution in [0.4, 0.5) is 24.7 Å². The first-order valence-corrected chi connectivity index (χ1v) is 9.38. The summed E-state index contributed by atoms with van der Waals surface area (Å²) in [7, 11) is 0. The maximum atomic E-state index is 12.5. The Kier molecular flexibility index (Phi) is 6.88. The monoisotopic (exact) mass is 422 g/mol. The number of pyridine rings is 1. The van der Waals surface area contributed by atoms with Gasteiger partial charge in [-0.3, -0.25) is 14.5 Å². The summed E-state index contributed by atoms with van der Waals surface area (Å²) in [6, 6.07) is 10.2. The first-order valence-electron chi connectivity index (χ1n) is 9.38. The van der Waals surface area contributed by atoms with Crippen LogP contribution >= 0.6 is 0 Å². The van der Waals surface area contributed by atoms with Crippen molar-refractivity contribution in [2.75, 3.05) is 30.3 Å². The third-order valence-corrected chi connectivity index (χ3v) is 4.53. The number of rotatable bonds is 6. The van der Waals surface area contributed by atoms with Crippen LogP contribution in [0.3, 0.4) is 0 Å². The van der Waals surface area contributed by atoms with E-state index in [2.05, 4.69) is 20.4 Å². The lowest BCUT2D eigenvalue weighted by atomic mass is 9.97. The Balaban J connectivity index is 1.48. The number of ether oxygens (including phenoxy) is 1. The van der Waals surface area contributed by atoms with Gasteiger partial charge in [0.05, 0.1) is 12.5 Å². The van der Waals surface area contributed by atoms with E-state index in [1.165, 1.54) is 12.1 Å². The number of benzene rings is 1. The van der Waals surface area contributed by atoms with Crippen LogP contribution < -0.4 is 15.4 Å². The quantitative estimate of drug-likeness (QED) is 0.747. The van der Waals surface area contributed by atoms with E-state index in [1.54, 1.807) is 24.4 Å². The van der Waals surface area contributed by atoms with Crippen molar-refractivity contribution < 1.29 is 27.5 Å². The van der Waals surface area contributed by atoms with Gasteiger partial charge in [0.1, 0.15) is 11.6 Å². The van der Waals surface area contributed by atoms with Crippen LogP contribution in [0.5, 0.6) is 5.75 Å². The summed E-state index contributed by atoms with van der Waals surface area (Å²) in [6.45, 7) is 1.19. The molecule has 1 aromatic carbocycles. The fourth-order valence-electron chi connectivity index (χ4n) is 3.22. The summed E-state index contributed by atoms with van der Waals surface area (Å²) in [6.07, 6.45) is -1.68. The van der Waals surface area contributed by atoms with Crippen molar-refractivity contribution in [1.82, 2.24) is 9.88 Å². The van der Waals surface area contributed by atoms with Crippen molar-refractivity contribution in [3.8, 4) is 5.75 Å². The number of hydrogen-bond donors (Lipinski definition) is 2. The predicted octanol–water partition coefficient (Wildman–Crippen LogP) is 3.27. The number of anilines is 2. The fourth-order valence-corrected chi connectivity index (χ4v) is 3.22. The van der Waals surface area contributed by atoms with Gasteiger partial charge in [0.2, 0.25) is 11.8 Å². The third-order valence-electron chi connectivity index (χ3n) is 4.53. The van der Waals surface area contributed by atoms with Gasteiger partial charge < -0.3 is 15.4 Å². The Morgan fingerprint density at radius 3 is 2.57 bits per heavy atom. The SMILES string of the molecule is O=C(CN1CCCC(C(=O)Nc2ccccn2)C1)Nc1ccc(OC(F)(F)F)cc1. The number of carbonyl (C=O) groups excluding carboxylic acids is 2. The number of alkyl halides is 3. The summed E-state index contributed by atoms with van der Waals surface area (Å²) in [5, 5.41) is 5.41. The fraction of sp³-hybridized carbons (Fsp3) is 0.350. The van der Waals surface area contributed by atoms with Crippen molar-refractivity contribution >= 4 is 23.3 Å². The zero-order chi connectivity index (χ0) is 21.6. The Morgan fingerprint density at radius 2 is 1.90 bits per heavy atom. The van der Waals surface area contributed by atoms with Crippen molar-refractivity contribution in [1.29, 1.82) is 0 Å². The Hall–Kier alpha value is -3.14. The normalized spacial score (nSPS) is 17.2. The van der Waals surface area contributed by atoms with E-state index in [0.717, 1.165) is 25.0 Å². The molecule has 1 saturated heterocycles. The predicted molar refractivity (Wildman–Crippen MR) is 104 cm³/mol. The largest absolute Gasteiger partial charge is 0.573 e. The van der Waals surface area contributed by atoms with Crippen molar-refractivity contribution in [2.24, 2.45) is 5.92 Å². The van der Waals surface area contributed by atoms with E-state index in [1.807, 2.05) is 4.90 Å². The molecule has 0 saturated carbocycles. The van der Waals surface area contributed by atoms with Gasteiger partial charge >= 0.3 is 6.36 Å². The molecule has 2 N–H and O–H groups in total. The van der Waals surface area contributed by atoms with E-state index in [4.69, 9.17) is 0 Å². The number of piperidine rings is 1. The number of nitrogens with one attached hydrogen (secondary N) is 2. The Labute approximate surface area is 171 Å². The lowest BCUT2D eigenvalue weighted by Gasteiger charge is -2.31. The number of amides is 2. The second kappa shape index (κ2) is 9.57. The van der Waals surface area contributed by atoms with Crippen LogP contribution in [-0.4, -0.2) is 47.7 Å². The van der Waals surface area contributed by atoms with E-state index in [9.17, 15) is 22.8 Å². The van der Waals surface area contributed by atoms with Gasteiger partial charge in [-0.25, -0.2) is 4.98 Å². The van der Waals surface area contributed by atoms with Gasteiger partial charge in [0, 0.05) is 18.4 Å². The highest BCUT2D eigenvalue weighted by Gasteiger charge is 2.31. The van der Waals surface area contributed by atoms with Crippen molar-refractivity contribution in [3.63, 3.8) is 0 Å². The molecule has 1 fully saturated rings. The molecule has 2 aromatic rings. The average Bonchev–Trinajstić information content (AvgIpc) is 2.69. The molecule has 30 heavy (non-hydrogen) atoms. The van der Waals surface area contributed by atoms with Gasteiger partial charge in [0.25, 0.3) is 0 Å². The number of aromatic nitrogens is 1. The molecule has 0 radical (unpaired) electrons. The number of likely N-dealkylation sites (tertiary alicyclic amines) is 1. The minimum Gasteiger partial charge on any atom is -0.406 e. The molecule has 1 aliphatic rings. The van der Waals surface area contributed by atoms with Crippen LogP contribution in [0.1, 0.15) is 12.8 Å². The molecule has 160 valence electrons. The van der Waals surface area contributed by atoms with Crippen LogP contribution in [0.15, 0.2) is 48.7 Å². The highest BCUT2D eigenvalue weighted by atomic mass is 19.4. The second-order valence-corrected chi connectivity index (χ2v) is 6.90. The Morgan fingerprint density at radius 1 is 1.13 bits per heavy atom. The molecular formula is C20H21F3N4O3. The molecule has 10 heteroatoms. The molecule has 1 aromatic heterocycles.